The molecule has 1 aliphatic heterocycles. The van der Waals surface area contributed by atoms with Crippen LogP contribution in [0.15, 0.2) is 47.6 Å². The summed E-state index contributed by atoms with van der Waals surface area (Å²) in [5.74, 6) is -0.136. The van der Waals surface area contributed by atoms with Gasteiger partial charge in [-0.15, -0.1) is 0 Å². The van der Waals surface area contributed by atoms with Crippen molar-refractivity contribution in [1.82, 2.24) is 19.2 Å². The summed E-state index contributed by atoms with van der Waals surface area (Å²) in [6, 6.07) is 7.64. The number of carbonyl (C=O) groups excluding carboxylic acids is 1. The third-order valence-electron chi connectivity index (χ3n) is 6.24. The average Bonchev–Trinajstić information content (AvgIpc) is 3.41. The number of rotatable bonds is 6. The smallest absolute Gasteiger partial charge is 0.244 e. The minimum atomic E-state index is -3.83. The second kappa shape index (κ2) is 9.31. The maximum atomic E-state index is 14.7. The van der Waals surface area contributed by atoms with E-state index in [1.807, 2.05) is 19.1 Å². The lowest BCUT2D eigenvalue weighted by Crippen LogP contribution is -2.45. The Morgan fingerprint density at radius 1 is 1.15 bits per heavy atom. The summed E-state index contributed by atoms with van der Waals surface area (Å²) in [6.45, 7) is 7.67. The number of nitrogens with zero attached hydrogens (tertiary/aromatic N) is 3. The fourth-order valence-corrected chi connectivity index (χ4v) is 6.85. The highest BCUT2D eigenvalue weighted by atomic mass is 32.2. The molecule has 1 N–H and O–H groups in total. The van der Waals surface area contributed by atoms with Crippen LogP contribution < -0.4 is 5.32 Å². The number of benzene rings is 2. The summed E-state index contributed by atoms with van der Waals surface area (Å²) in [6.07, 6.45) is 4.34. The van der Waals surface area contributed by atoms with E-state index < -0.39 is 21.9 Å². The Labute approximate surface area is 199 Å². The fourth-order valence-electron chi connectivity index (χ4n) is 4.78. The molecule has 2 heterocycles. The van der Waals surface area contributed by atoms with Crippen molar-refractivity contribution in [3.8, 4) is 5.69 Å². The molecule has 1 fully saturated rings. The van der Waals surface area contributed by atoms with Crippen molar-refractivity contribution in [3.63, 3.8) is 0 Å². The van der Waals surface area contributed by atoms with E-state index in [4.69, 9.17) is 0 Å². The first kappa shape index (κ1) is 24.1. The molecule has 34 heavy (non-hydrogen) atoms. The predicted octanol–water partition coefficient (Wildman–Crippen LogP) is 3.71. The van der Waals surface area contributed by atoms with Crippen LogP contribution in [-0.2, 0) is 21.4 Å². The van der Waals surface area contributed by atoms with Crippen molar-refractivity contribution in [2.75, 3.05) is 6.54 Å². The molecular formula is C25H29FN4O3S. The van der Waals surface area contributed by atoms with Crippen LogP contribution in [0.4, 0.5) is 4.39 Å². The van der Waals surface area contributed by atoms with Gasteiger partial charge < -0.3 is 9.88 Å². The van der Waals surface area contributed by atoms with Gasteiger partial charge in [0.25, 0.3) is 0 Å². The van der Waals surface area contributed by atoms with Gasteiger partial charge in [-0.2, -0.15) is 4.31 Å². The van der Waals surface area contributed by atoms with Crippen LogP contribution >= 0.6 is 0 Å². The van der Waals surface area contributed by atoms with Gasteiger partial charge in [-0.3, -0.25) is 4.79 Å². The minimum absolute atomic E-state index is 0.103. The lowest BCUT2D eigenvalue weighted by Gasteiger charge is -2.25. The van der Waals surface area contributed by atoms with E-state index in [0.29, 0.717) is 47.6 Å². The van der Waals surface area contributed by atoms with Gasteiger partial charge in [-0.05, 0) is 69.4 Å². The number of nitrogens with one attached hydrogen (secondary N) is 1. The van der Waals surface area contributed by atoms with Crippen LogP contribution in [0.25, 0.3) is 5.69 Å². The lowest BCUT2D eigenvalue weighted by molar-refractivity contribution is -0.124. The van der Waals surface area contributed by atoms with Crippen LogP contribution in [0.2, 0.25) is 0 Å². The SMILES string of the molecule is Cc1cc(C)c(S(=O)(=O)N2CCCC2C(=O)NCc2ccc(-n3ccnc3C)c(F)c2)c(C)c1. The van der Waals surface area contributed by atoms with Crippen molar-refractivity contribution in [2.24, 2.45) is 0 Å². The first-order chi connectivity index (χ1) is 16.1. The van der Waals surface area contributed by atoms with E-state index in [2.05, 4.69) is 10.3 Å². The number of amides is 1. The molecule has 7 nitrogen and oxygen atoms in total. The lowest BCUT2D eigenvalue weighted by atomic mass is 10.1. The van der Waals surface area contributed by atoms with E-state index in [0.717, 1.165) is 5.56 Å². The molecule has 1 saturated heterocycles. The molecule has 4 rings (SSSR count). The zero-order valence-electron chi connectivity index (χ0n) is 19.8. The summed E-state index contributed by atoms with van der Waals surface area (Å²) in [5.41, 5.74) is 3.30. The van der Waals surface area contributed by atoms with Gasteiger partial charge in [0.05, 0.1) is 10.6 Å². The van der Waals surface area contributed by atoms with Crippen LogP contribution in [0.3, 0.4) is 0 Å². The van der Waals surface area contributed by atoms with Gasteiger partial charge in [-0.1, -0.05) is 23.8 Å². The highest BCUT2D eigenvalue weighted by molar-refractivity contribution is 7.89. The largest absolute Gasteiger partial charge is 0.351 e. The molecule has 0 spiro atoms. The summed E-state index contributed by atoms with van der Waals surface area (Å²) >= 11 is 0. The molecular weight excluding hydrogens is 455 g/mol. The van der Waals surface area contributed by atoms with Gasteiger partial charge in [0.2, 0.25) is 15.9 Å². The van der Waals surface area contributed by atoms with Gasteiger partial charge in [0.15, 0.2) is 0 Å². The molecule has 1 atom stereocenters. The average molecular weight is 485 g/mol. The molecule has 1 amide bonds. The maximum absolute atomic E-state index is 14.7. The van der Waals surface area contributed by atoms with Gasteiger partial charge >= 0.3 is 0 Å². The molecule has 1 aromatic heterocycles. The molecule has 0 bridgehead atoms. The summed E-state index contributed by atoms with van der Waals surface area (Å²) in [4.78, 5) is 17.4. The third kappa shape index (κ3) is 4.50. The molecule has 1 aliphatic rings. The van der Waals surface area contributed by atoms with Crippen molar-refractivity contribution in [1.29, 1.82) is 0 Å². The Morgan fingerprint density at radius 3 is 2.47 bits per heavy atom. The van der Waals surface area contributed by atoms with Gasteiger partial charge in [0, 0.05) is 25.5 Å². The molecule has 180 valence electrons. The van der Waals surface area contributed by atoms with Gasteiger partial charge in [0.1, 0.15) is 17.7 Å². The van der Waals surface area contributed by atoms with Crippen LogP contribution in [0.1, 0.15) is 40.9 Å². The first-order valence-corrected chi connectivity index (χ1v) is 12.7. The molecule has 3 aromatic rings. The quantitative estimate of drug-likeness (QED) is 0.578. The zero-order valence-corrected chi connectivity index (χ0v) is 20.6. The van der Waals surface area contributed by atoms with Crippen LogP contribution in [-0.4, -0.2) is 40.8 Å². The van der Waals surface area contributed by atoms with E-state index in [-0.39, 0.29) is 17.3 Å². The van der Waals surface area contributed by atoms with Crippen molar-refractivity contribution in [3.05, 3.63) is 76.6 Å². The number of halogens is 1. The fraction of sp³-hybridized carbons (Fsp3) is 0.360. The van der Waals surface area contributed by atoms with Crippen molar-refractivity contribution >= 4 is 15.9 Å². The van der Waals surface area contributed by atoms with E-state index in [1.165, 1.54) is 10.4 Å². The van der Waals surface area contributed by atoms with Crippen LogP contribution in [0.5, 0.6) is 0 Å². The standard InChI is InChI=1S/C25H29FN4O3S/c1-16-12-17(2)24(18(3)13-16)34(32,33)30-10-5-6-23(30)25(31)28-15-20-7-8-22(21(26)14-20)29-11-9-27-19(29)4/h7-9,11-14,23H,5-6,10,15H2,1-4H3,(H,28,31). The molecule has 0 aliphatic carbocycles. The Hall–Kier alpha value is -3.04. The van der Waals surface area contributed by atoms with Crippen LogP contribution in [0, 0.1) is 33.5 Å². The number of imidazole rings is 1. The molecule has 1 unspecified atom stereocenters. The normalized spacial score (nSPS) is 16.7. The third-order valence-corrected chi connectivity index (χ3v) is 8.46. The summed E-state index contributed by atoms with van der Waals surface area (Å²) in [5, 5.41) is 2.79. The number of hydrogen-bond donors (Lipinski definition) is 1. The molecule has 0 radical (unpaired) electrons. The van der Waals surface area contributed by atoms with E-state index in [9.17, 15) is 17.6 Å². The summed E-state index contributed by atoms with van der Waals surface area (Å²) < 4.78 is 44.6. The van der Waals surface area contributed by atoms with E-state index in [1.54, 1.807) is 49.9 Å². The summed E-state index contributed by atoms with van der Waals surface area (Å²) in [7, 11) is -3.83. The van der Waals surface area contributed by atoms with Crippen molar-refractivity contribution < 1.29 is 17.6 Å². The topological polar surface area (TPSA) is 84.3 Å². The Bertz CT molecular complexity index is 1330. The monoisotopic (exact) mass is 484 g/mol. The maximum Gasteiger partial charge on any atom is 0.244 e. The second-order valence-corrected chi connectivity index (χ2v) is 10.7. The van der Waals surface area contributed by atoms with E-state index >= 15 is 0 Å². The molecule has 9 heteroatoms. The molecule has 0 saturated carbocycles. The number of aromatic nitrogens is 2. The predicted molar refractivity (Wildman–Crippen MR) is 128 cm³/mol. The highest BCUT2D eigenvalue weighted by Gasteiger charge is 2.40. The number of carbonyl (C=O) groups is 1. The Morgan fingerprint density at radius 2 is 1.85 bits per heavy atom. The van der Waals surface area contributed by atoms with Crippen molar-refractivity contribution in [2.45, 2.75) is 58.0 Å². The minimum Gasteiger partial charge on any atom is -0.351 e. The number of sulfonamides is 1. The number of aryl methyl sites for hydroxylation is 4. The Kier molecular flexibility index (Phi) is 6.60. The molecule has 2 aromatic carbocycles. The second-order valence-electron chi connectivity index (χ2n) is 8.85. The number of hydrogen-bond acceptors (Lipinski definition) is 4. The highest BCUT2D eigenvalue weighted by Crippen LogP contribution is 2.31. The Balaban J connectivity index is 1.49. The zero-order chi connectivity index (χ0) is 24.6. The van der Waals surface area contributed by atoms with Gasteiger partial charge in [-0.25, -0.2) is 17.8 Å². The first-order valence-electron chi connectivity index (χ1n) is 11.3.